The van der Waals surface area contributed by atoms with Crippen LogP contribution in [0.5, 0.6) is 0 Å². The average Bonchev–Trinajstić information content (AvgIpc) is 3.16. The van der Waals surface area contributed by atoms with Gasteiger partial charge in [-0.1, -0.05) is 24.3 Å². The zero-order valence-corrected chi connectivity index (χ0v) is 32.3. The first-order chi connectivity index (χ1) is 26.2. The molecule has 0 spiro atoms. The summed E-state index contributed by atoms with van der Waals surface area (Å²) in [6.07, 6.45) is 1.70. The monoisotopic (exact) mass is 760 g/mol. The number of piperidine rings is 1. The maximum atomic E-state index is 15.0. The number of amides is 4. The van der Waals surface area contributed by atoms with Crippen LogP contribution in [0.3, 0.4) is 0 Å². The number of hydrogen-bond acceptors (Lipinski definition) is 9. The molecule has 4 amide bonds. The minimum atomic E-state index is -0.658. The van der Waals surface area contributed by atoms with Gasteiger partial charge in [0.25, 0.3) is 11.5 Å². The van der Waals surface area contributed by atoms with Crippen LogP contribution in [0.2, 0.25) is 0 Å². The van der Waals surface area contributed by atoms with Crippen LogP contribution < -0.4 is 10.9 Å². The predicted octanol–water partition coefficient (Wildman–Crippen LogP) is 2.71. The van der Waals surface area contributed by atoms with Crippen molar-refractivity contribution in [3.63, 3.8) is 0 Å². The molecule has 1 atom stereocenters. The van der Waals surface area contributed by atoms with Gasteiger partial charge in [-0.15, -0.1) is 0 Å². The summed E-state index contributed by atoms with van der Waals surface area (Å²) in [5.74, 6) is -0.572. The van der Waals surface area contributed by atoms with Crippen LogP contribution in [-0.4, -0.2) is 149 Å². The molecule has 3 aliphatic heterocycles. The number of carbonyl (C=O) groups excluding carboxylic acids is 4. The largest absolute Gasteiger partial charge is 0.444 e. The number of fused-ring (bicyclic) bond motifs is 1. The molecule has 0 radical (unpaired) electrons. The van der Waals surface area contributed by atoms with E-state index < -0.39 is 29.5 Å². The zero-order valence-electron chi connectivity index (χ0n) is 32.3. The van der Waals surface area contributed by atoms with Gasteiger partial charge in [-0.2, -0.15) is 5.10 Å². The molecule has 1 unspecified atom stereocenters. The molecular weight excluding hydrogens is 707 g/mol. The smallest absolute Gasteiger partial charge is 0.408 e. The Balaban J connectivity index is 0.905. The molecule has 4 heterocycles. The van der Waals surface area contributed by atoms with E-state index in [1.165, 1.54) is 6.07 Å². The summed E-state index contributed by atoms with van der Waals surface area (Å²) >= 11 is 0. The predicted molar refractivity (Wildman–Crippen MR) is 205 cm³/mol. The summed E-state index contributed by atoms with van der Waals surface area (Å²) in [6.45, 7) is 14.2. The average molecular weight is 761 g/mol. The Labute approximate surface area is 320 Å². The van der Waals surface area contributed by atoms with Crippen molar-refractivity contribution in [2.45, 2.75) is 58.6 Å². The van der Waals surface area contributed by atoms with E-state index in [1.54, 1.807) is 66.7 Å². The van der Waals surface area contributed by atoms with Gasteiger partial charge < -0.3 is 24.8 Å². The van der Waals surface area contributed by atoms with Crippen molar-refractivity contribution in [1.82, 2.24) is 40.0 Å². The van der Waals surface area contributed by atoms with Gasteiger partial charge in [-0.25, -0.2) is 14.3 Å². The first-order valence-corrected chi connectivity index (χ1v) is 19.3. The number of halogens is 1. The molecule has 0 aliphatic carbocycles. The first kappa shape index (κ1) is 39.8. The lowest BCUT2D eigenvalue weighted by Crippen LogP contribution is -2.55. The van der Waals surface area contributed by atoms with Gasteiger partial charge in [0, 0.05) is 70.7 Å². The number of rotatable bonds is 9. The third kappa shape index (κ3) is 10.3. The van der Waals surface area contributed by atoms with Crippen LogP contribution in [0, 0.1) is 11.7 Å². The maximum Gasteiger partial charge on any atom is 0.408 e. The Morgan fingerprint density at radius 1 is 0.873 bits per heavy atom. The summed E-state index contributed by atoms with van der Waals surface area (Å²) in [5.41, 5.74) is 0.388. The van der Waals surface area contributed by atoms with E-state index in [0.717, 1.165) is 45.6 Å². The summed E-state index contributed by atoms with van der Waals surface area (Å²) in [7, 11) is 0. The second kappa shape index (κ2) is 17.3. The fourth-order valence-electron chi connectivity index (χ4n) is 7.63. The molecule has 3 aromatic rings. The molecule has 15 heteroatoms. The normalized spacial score (nSPS) is 18.3. The minimum absolute atomic E-state index is 0.0218. The van der Waals surface area contributed by atoms with Crippen molar-refractivity contribution < 1.29 is 28.3 Å². The second-order valence-corrected chi connectivity index (χ2v) is 15.9. The number of likely N-dealkylation sites (tertiary alicyclic amines) is 1. The molecule has 3 saturated heterocycles. The Bertz CT molecular complexity index is 1920. The van der Waals surface area contributed by atoms with E-state index in [9.17, 15) is 28.4 Å². The fourth-order valence-corrected chi connectivity index (χ4v) is 7.63. The van der Waals surface area contributed by atoms with Gasteiger partial charge in [0.05, 0.1) is 23.2 Å². The first-order valence-electron chi connectivity index (χ1n) is 19.3. The number of carbonyl (C=O) groups is 4. The van der Waals surface area contributed by atoms with Crippen LogP contribution in [0.15, 0.2) is 47.3 Å². The lowest BCUT2D eigenvalue weighted by atomic mass is 9.96. The zero-order chi connectivity index (χ0) is 39.3. The molecule has 3 aliphatic rings. The van der Waals surface area contributed by atoms with Crippen LogP contribution in [0.25, 0.3) is 10.8 Å². The van der Waals surface area contributed by atoms with Crippen LogP contribution in [0.1, 0.15) is 62.2 Å². The van der Waals surface area contributed by atoms with Gasteiger partial charge in [0.15, 0.2) is 0 Å². The summed E-state index contributed by atoms with van der Waals surface area (Å²) < 4.78 is 20.3. The van der Waals surface area contributed by atoms with Gasteiger partial charge in [0.2, 0.25) is 11.8 Å². The number of alkyl carbamates (subject to hydrolysis) is 1. The Hall–Kier alpha value is -4.89. The van der Waals surface area contributed by atoms with E-state index in [2.05, 4.69) is 25.3 Å². The molecular formula is C40H53FN8O6. The van der Waals surface area contributed by atoms with Gasteiger partial charge in [-0.3, -0.25) is 29.0 Å². The topological polar surface area (TPSA) is 151 Å². The third-order valence-electron chi connectivity index (χ3n) is 10.7. The summed E-state index contributed by atoms with van der Waals surface area (Å²) in [4.78, 5) is 73.7. The number of hydrogen-bond donors (Lipinski definition) is 2. The van der Waals surface area contributed by atoms with E-state index >= 15 is 0 Å². The molecule has 55 heavy (non-hydrogen) atoms. The van der Waals surface area contributed by atoms with Gasteiger partial charge in [0.1, 0.15) is 17.5 Å². The number of nitrogens with one attached hydrogen (secondary N) is 2. The van der Waals surface area contributed by atoms with E-state index in [1.807, 2.05) is 12.1 Å². The Kier molecular flexibility index (Phi) is 12.5. The highest BCUT2D eigenvalue weighted by atomic mass is 19.1. The second-order valence-electron chi connectivity index (χ2n) is 15.9. The Morgan fingerprint density at radius 2 is 1.51 bits per heavy atom. The van der Waals surface area contributed by atoms with E-state index in [4.69, 9.17) is 4.74 Å². The lowest BCUT2D eigenvalue weighted by Gasteiger charge is -2.40. The minimum Gasteiger partial charge on any atom is -0.444 e. The van der Waals surface area contributed by atoms with Crippen LogP contribution >= 0.6 is 0 Å². The highest BCUT2D eigenvalue weighted by Gasteiger charge is 2.31. The van der Waals surface area contributed by atoms with E-state index in [-0.39, 0.29) is 22.9 Å². The van der Waals surface area contributed by atoms with Crippen molar-refractivity contribution >= 4 is 34.6 Å². The molecule has 6 rings (SSSR count). The number of ether oxygens (including phenoxy) is 1. The summed E-state index contributed by atoms with van der Waals surface area (Å²) in [5, 5.41) is 10.6. The molecule has 14 nitrogen and oxygen atoms in total. The van der Waals surface area contributed by atoms with Gasteiger partial charge >= 0.3 is 6.09 Å². The lowest BCUT2D eigenvalue weighted by molar-refractivity contribution is -0.135. The highest BCUT2D eigenvalue weighted by molar-refractivity contribution is 5.95. The molecule has 296 valence electrons. The molecule has 3 fully saturated rings. The number of H-pyrrole nitrogens is 1. The quantitative estimate of drug-likeness (QED) is 0.336. The maximum absolute atomic E-state index is 15.0. The number of aromatic nitrogens is 2. The number of aromatic amines is 1. The van der Waals surface area contributed by atoms with E-state index in [0.29, 0.717) is 80.2 Å². The van der Waals surface area contributed by atoms with Crippen molar-refractivity contribution in [3.8, 4) is 0 Å². The summed E-state index contributed by atoms with van der Waals surface area (Å²) in [6, 6.07) is 11.0. The van der Waals surface area contributed by atoms with Crippen molar-refractivity contribution in [2.75, 3.05) is 78.5 Å². The third-order valence-corrected chi connectivity index (χ3v) is 10.7. The van der Waals surface area contributed by atoms with Crippen LogP contribution in [0.4, 0.5) is 9.18 Å². The van der Waals surface area contributed by atoms with Crippen molar-refractivity contribution in [3.05, 3.63) is 75.5 Å². The van der Waals surface area contributed by atoms with Crippen LogP contribution in [-0.2, 0) is 20.7 Å². The van der Waals surface area contributed by atoms with Crippen molar-refractivity contribution in [1.29, 1.82) is 0 Å². The van der Waals surface area contributed by atoms with Gasteiger partial charge in [-0.05, 0) is 83.3 Å². The molecule has 0 saturated carbocycles. The Morgan fingerprint density at radius 3 is 2.18 bits per heavy atom. The standard InChI is InChI=1S/C40H53FN8O6/c1-27(42-39(54)55-40(2,3)4)37(52)48-17-15-46(16-18-48)25-28-11-13-45(14-12-28)26-35(50)47-19-21-49(22-20-47)38(53)32-23-29(9-10-33(32)41)24-34-30-7-5-6-8-31(30)36(51)44-43-34/h5-10,23,27-28H,11-22,24-26H2,1-4H3,(H,42,54)(H,44,51). The number of piperazine rings is 2. The molecule has 2 aromatic carbocycles. The van der Waals surface area contributed by atoms with Crippen molar-refractivity contribution in [2.24, 2.45) is 5.92 Å². The molecule has 1 aromatic heterocycles. The number of benzene rings is 2. The fraction of sp³-hybridized carbons (Fsp3) is 0.550. The number of nitrogens with zero attached hydrogens (tertiary/aromatic N) is 6. The SMILES string of the molecule is CC(NC(=O)OC(C)(C)C)C(=O)N1CCN(CC2CCN(CC(=O)N3CCN(C(=O)c4cc(Cc5n[nH]c(=O)c6ccccc56)ccc4F)CC3)CC2)CC1. The highest BCUT2D eigenvalue weighted by Crippen LogP contribution is 2.22. The molecule has 0 bridgehead atoms. The molecule has 2 N–H and O–H groups in total.